The van der Waals surface area contributed by atoms with Crippen LogP contribution in [0.1, 0.15) is 49.5 Å². The third-order valence-corrected chi connectivity index (χ3v) is 9.23. The Kier molecular flexibility index (Phi) is 5.64. The van der Waals surface area contributed by atoms with Gasteiger partial charge < -0.3 is 13.7 Å². The summed E-state index contributed by atoms with van der Waals surface area (Å²) >= 11 is 1.53. The Bertz CT molecular complexity index is 1230. The van der Waals surface area contributed by atoms with Crippen molar-refractivity contribution in [2.75, 3.05) is 0 Å². The van der Waals surface area contributed by atoms with Gasteiger partial charge in [-0.15, -0.1) is 0 Å². The van der Waals surface area contributed by atoms with Crippen LogP contribution in [-0.2, 0) is 15.7 Å². The molecular formula is C27H30BNO4S. The predicted octanol–water partition coefficient (Wildman–Crippen LogP) is 5.72. The maximum atomic E-state index is 11.8. The molecule has 176 valence electrons. The number of rotatable bonds is 7. The summed E-state index contributed by atoms with van der Waals surface area (Å²) in [6, 6.07) is 15.8. The van der Waals surface area contributed by atoms with E-state index < -0.39 is 0 Å². The Hall–Kier alpha value is -2.06. The molecule has 2 bridgehead atoms. The second kappa shape index (κ2) is 8.56. The molecule has 5 atom stereocenters. The average Bonchev–Trinajstić information content (AvgIpc) is 3.45. The van der Waals surface area contributed by atoms with Gasteiger partial charge >= 0.3 is 7.12 Å². The summed E-state index contributed by atoms with van der Waals surface area (Å²) in [7, 11) is -0.331. The van der Waals surface area contributed by atoms with Crippen LogP contribution >= 0.6 is 11.9 Å². The van der Waals surface area contributed by atoms with E-state index in [-0.39, 0.29) is 31.1 Å². The first kappa shape index (κ1) is 22.4. The highest BCUT2D eigenvalue weighted by molar-refractivity contribution is 7.97. The quantitative estimate of drug-likeness (QED) is 0.268. The van der Waals surface area contributed by atoms with Crippen molar-refractivity contribution in [1.82, 2.24) is 4.72 Å². The van der Waals surface area contributed by atoms with Gasteiger partial charge in [0.05, 0.1) is 24.4 Å². The van der Waals surface area contributed by atoms with Crippen molar-refractivity contribution in [3.63, 3.8) is 0 Å². The molecule has 7 heteroatoms. The van der Waals surface area contributed by atoms with Gasteiger partial charge in [-0.2, -0.15) is 0 Å². The van der Waals surface area contributed by atoms with Gasteiger partial charge in [0.15, 0.2) is 5.78 Å². The molecule has 5 nitrogen and oxygen atoms in total. The zero-order chi connectivity index (χ0) is 23.4. The molecule has 0 radical (unpaired) electrons. The van der Waals surface area contributed by atoms with Crippen molar-refractivity contribution >= 4 is 35.8 Å². The van der Waals surface area contributed by atoms with Gasteiger partial charge in [-0.25, -0.2) is 0 Å². The van der Waals surface area contributed by atoms with Crippen molar-refractivity contribution in [2.45, 2.75) is 63.1 Å². The fraction of sp³-hybridized carbons (Fsp3) is 0.444. The summed E-state index contributed by atoms with van der Waals surface area (Å²) in [4.78, 5) is 12.8. The van der Waals surface area contributed by atoms with E-state index in [4.69, 9.17) is 13.7 Å². The van der Waals surface area contributed by atoms with Crippen LogP contribution in [0.5, 0.6) is 0 Å². The topological polar surface area (TPSA) is 60.7 Å². The summed E-state index contributed by atoms with van der Waals surface area (Å²) in [5.41, 5.74) is 3.08. The largest absolute Gasteiger partial charge is 0.477 e. The minimum atomic E-state index is -0.331. The third kappa shape index (κ3) is 3.83. The number of furan rings is 1. The lowest BCUT2D eigenvalue weighted by atomic mass is 9.47. The van der Waals surface area contributed by atoms with E-state index >= 15 is 0 Å². The first-order chi connectivity index (χ1) is 16.4. The predicted molar refractivity (Wildman–Crippen MR) is 135 cm³/mol. The lowest BCUT2D eigenvalue weighted by molar-refractivity contribution is -0.150. The fourth-order valence-electron chi connectivity index (χ4n) is 6.10. The van der Waals surface area contributed by atoms with Gasteiger partial charge in [-0.3, -0.25) is 9.52 Å². The molecule has 7 rings (SSSR count). The van der Waals surface area contributed by atoms with E-state index in [2.05, 4.69) is 24.6 Å². The highest BCUT2D eigenvalue weighted by Gasteiger charge is 2.62. The highest BCUT2D eigenvalue weighted by atomic mass is 32.2. The monoisotopic (exact) mass is 475 g/mol. The van der Waals surface area contributed by atoms with Crippen LogP contribution in [0.15, 0.2) is 64.1 Å². The lowest BCUT2D eigenvalue weighted by Gasteiger charge is -2.60. The van der Waals surface area contributed by atoms with E-state index in [1.165, 1.54) is 18.4 Å². The molecule has 4 fully saturated rings. The van der Waals surface area contributed by atoms with Crippen LogP contribution in [-0.4, -0.2) is 31.1 Å². The van der Waals surface area contributed by atoms with Crippen LogP contribution in [0.3, 0.4) is 0 Å². The molecule has 3 aliphatic carbocycles. The normalized spacial score (nSPS) is 27.9. The SMILES string of the molecule is CC(=O)c1cccc(SNC(Cc2coc3ccccc23)B2OC3C[C@@H]4C[C@H](C3O2)C4(C)C)c1. The maximum absolute atomic E-state index is 11.8. The van der Waals surface area contributed by atoms with Crippen molar-refractivity contribution in [2.24, 2.45) is 17.3 Å². The van der Waals surface area contributed by atoms with Crippen LogP contribution in [0, 0.1) is 17.3 Å². The molecule has 4 aliphatic rings. The van der Waals surface area contributed by atoms with Crippen molar-refractivity contribution in [3.05, 3.63) is 65.9 Å². The third-order valence-electron chi connectivity index (χ3n) is 8.32. The van der Waals surface area contributed by atoms with E-state index in [0.717, 1.165) is 40.2 Å². The zero-order valence-electron chi connectivity index (χ0n) is 19.8. The standard InChI is InChI=1S/C27H30BNO4S/c1-16(30)17-7-6-8-20(11-17)34-29-25(12-18-15-31-23-10-5-4-9-21(18)23)28-32-24-14-19-13-22(26(24)33-28)27(19,2)3/h4-11,15,19,22,24-26,29H,12-14H2,1-3H3/t19-,22+,24?,25?,26?/m0/s1. The molecular weight excluding hydrogens is 445 g/mol. The first-order valence-electron chi connectivity index (χ1n) is 12.2. The van der Waals surface area contributed by atoms with Crippen molar-refractivity contribution in [3.8, 4) is 0 Å². The number of para-hydroxylation sites is 1. The number of Topliss-reactive ketones (excluding diaryl/α,β-unsaturated/α-hetero) is 1. The van der Waals surface area contributed by atoms with Gasteiger partial charge in [-0.05, 0) is 79.1 Å². The Morgan fingerprint density at radius 3 is 2.85 bits per heavy atom. The van der Waals surface area contributed by atoms with Crippen LogP contribution in [0.2, 0.25) is 0 Å². The van der Waals surface area contributed by atoms with Gasteiger partial charge in [0, 0.05) is 15.8 Å². The van der Waals surface area contributed by atoms with Gasteiger partial charge in [0.1, 0.15) is 5.58 Å². The van der Waals surface area contributed by atoms with E-state index in [9.17, 15) is 4.79 Å². The number of carbonyl (C=O) groups is 1. The molecule has 1 aliphatic heterocycles. The summed E-state index contributed by atoms with van der Waals surface area (Å²) in [6.07, 6.45) is 5.25. The first-order valence-corrected chi connectivity index (χ1v) is 13.0. The Balaban J connectivity index is 1.24. The highest BCUT2D eigenvalue weighted by Crippen LogP contribution is 2.61. The number of benzene rings is 2. The Morgan fingerprint density at radius 1 is 1.18 bits per heavy atom. The van der Waals surface area contributed by atoms with Crippen molar-refractivity contribution in [1.29, 1.82) is 0 Å². The molecule has 3 unspecified atom stereocenters. The van der Waals surface area contributed by atoms with Gasteiger partial charge in [-0.1, -0.05) is 44.2 Å². The minimum absolute atomic E-state index is 0.0667. The molecule has 3 saturated carbocycles. The minimum Gasteiger partial charge on any atom is -0.464 e. The molecule has 2 aromatic carbocycles. The fourth-order valence-corrected chi connectivity index (χ4v) is 6.91. The number of nitrogens with one attached hydrogen (secondary N) is 1. The van der Waals surface area contributed by atoms with E-state index in [0.29, 0.717) is 16.9 Å². The summed E-state index contributed by atoms with van der Waals surface area (Å²) in [5.74, 6) is 1.29. The molecule has 0 amide bonds. The smallest absolute Gasteiger partial charge is 0.464 e. The van der Waals surface area contributed by atoms with Crippen LogP contribution in [0.25, 0.3) is 11.0 Å². The molecule has 34 heavy (non-hydrogen) atoms. The summed E-state index contributed by atoms with van der Waals surface area (Å²) in [5, 5.41) is 1.12. The Morgan fingerprint density at radius 2 is 2.03 bits per heavy atom. The molecule has 1 N–H and O–H groups in total. The van der Waals surface area contributed by atoms with Gasteiger partial charge in [0.2, 0.25) is 0 Å². The molecule has 3 aromatic rings. The van der Waals surface area contributed by atoms with Crippen molar-refractivity contribution < 1.29 is 18.5 Å². The summed E-state index contributed by atoms with van der Waals surface area (Å²) in [6.45, 7) is 6.35. The molecule has 0 spiro atoms. The van der Waals surface area contributed by atoms with Gasteiger partial charge in [0.25, 0.3) is 0 Å². The zero-order valence-corrected chi connectivity index (χ0v) is 20.6. The van der Waals surface area contributed by atoms with E-state index in [1.807, 2.05) is 48.7 Å². The molecule has 2 heterocycles. The average molecular weight is 475 g/mol. The number of carbonyl (C=O) groups excluding carboxylic acids is 1. The molecule has 1 aromatic heterocycles. The summed E-state index contributed by atoms with van der Waals surface area (Å²) < 4.78 is 22.6. The lowest BCUT2D eigenvalue weighted by Crippen LogP contribution is -2.59. The number of ketones is 1. The Labute approximate surface area is 205 Å². The second-order valence-corrected chi connectivity index (χ2v) is 11.5. The second-order valence-electron chi connectivity index (χ2n) is 10.6. The van der Waals surface area contributed by atoms with Crippen LogP contribution in [0.4, 0.5) is 0 Å². The maximum Gasteiger partial charge on any atom is 0.477 e. The number of hydrogen-bond acceptors (Lipinski definition) is 6. The number of fused-ring (bicyclic) bond motifs is 1. The molecule has 1 saturated heterocycles. The van der Waals surface area contributed by atoms with Crippen LogP contribution < -0.4 is 4.72 Å². The van der Waals surface area contributed by atoms with E-state index in [1.54, 1.807) is 6.92 Å². The number of hydrogen-bond donors (Lipinski definition) is 1.